The molecule has 0 amide bonds. The fourth-order valence-corrected chi connectivity index (χ4v) is 1.28. The normalized spacial score (nSPS) is 10.2. The maximum Gasteiger partial charge on any atom is 0.224 e. The average molecular weight is 194 g/mol. The highest BCUT2D eigenvalue weighted by atomic mass is 15.2. The summed E-state index contributed by atoms with van der Waals surface area (Å²) in [6.45, 7) is 3.95. The molecular weight excluding hydrogens is 176 g/mol. The van der Waals surface area contributed by atoms with Gasteiger partial charge in [0.25, 0.3) is 0 Å². The lowest BCUT2D eigenvalue weighted by atomic mass is 10.3. The van der Waals surface area contributed by atoms with E-state index in [1.165, 1.54) is 0 Å². The molecule has 0 atom stereocenters. The minimum atomic E-state index is 0.798. The van der Waals surface area contributed by atoms with Crippen LogP contribution in [0.3, 0.4) is 0 Å². The summed E-state index contributed by atoms with van der Waals surface area (Å²) in [6, 6.07) is 0. The van der Waals surface area contributed by atoms with E-state index in [0.717, 1.165) is 31.0 Å². The van der Waals surface area contributed by atoms with Gasteiger partial charge in [-0.2, -0.15) is 0 Å². The van der Waals surface area contributed by atoms with Gasteiger partial charge in [-0.1, -0.05) is 6.92 Å². The second-order valence-corrected chi connectivity index (χ2v) is 3.34. The van der Waals surface area contributed by atoms with Crippen molar-refractivity contribution in [1.29, 1.82) is 0 Å². The van der Waals surface area contributed by atoms with E-state index < -0.39 is 0 Å². The summed E-state index contributed by atoms with van der Waals surface area (Å²) in [4.78, 5) is 10.6. The van der Waals surface area contributed by atoms with Crippen LogP contribution in [0.4, 0.5) is 5.95 Å². The summed E-state index contributed by atoms with van der Waals surface area (Å²) in [5, 5.41) is 3.06. The lowest BCUT2D eigenvalue weighted by molar-refractivity contribution is 0.788. The molecule has 0 aliphatic heterocycles. The van der Waals surface area contributed by atoms with Gasteiger partial charge < -0.3 is 10.2 Å². The van der Waals surface area contributed by atoms with Crippen molar-refractivity contribution < 1.29 is 0 Å². The number of hydrogen-bond acceptors (Lipinski definition) is 4. The topological polar surface area (TPSA) is 41.1 Å². The predicted molar refractivity (Wildman–Crippen MR) is 58.4 cm³/mol. The number of aromatic nitrogens is 2. The molecule has 0 aliphatic rings. The van der Waals surface area contributed by atoms with Gasteiger partial charge >= 0.3 is 0 Å². The third kappa shape index (κ3) is 2.96. The third-order valence-corrected chi connectivity index (χ3v) is 1.97. The molecule has 4 heteroatoms. The summed E-state index contributed by atoms with van der Waals surface area (Å²) in [5.74, 6) is 0.798. The van der Waals surface area contributed by atoms with Crippen LogP contribution in [0.2, 0.25) is 0 Å². The van der Waals surface area contributed by atoms with Crippen LogP contribution in [-0.4, -0.2) is 30.6 Å². The second kappa shape index (κ2) is 5.54. The Morgan fingerprint density at radius 1 is 1.36 bits per heavy atom. The molecule has 0 radical (unpaired) electrons. The summed E-state index contributed by atoms with van der Waals surface area (Å²) in [6.07, 6.45) is 4.84. The van der Waals surface area contributed by atoms with Gasteiger partial charge in [-0.25, -0.2) is 9.97 Å². The molecule has 1 rings (SSSR count). The Hall–Kier alpha value is -1.16. The van der Waals surface area contributed by atoms with E-state index in [4.69, 9.17) is 0 Å². The summed E-state index contributed by atoms with van der Waals surface area (Å²) in [7, 11) is 3.92. The van der Waals surface area contributed by atoms with E-state index in [1.807, 2.05) is 26.5 Å². The van der Waals surface area contributed by atoms with Crippen LogP contribution < -0.4 is 10.2 Å². The van der Waals surface area contributed by atoms with Crippen LogP contribution in [0.25, 0.3) is 0 Å². The molecule has 14 heavy (non-hydrogen) atoms. The zero-order valence-corrected chi connectivity index (χ0v) is 9.12. The summed E-state index contributed by atoms with van der Waals surface area (Å²) >= 11 is 0. The van der Waals surface area contributed by atoms with Crippen LogP contribution in [0.5, 0.6) is 0 Å². The van der Waals surface area contributed by atoms with E-state index in [2.05, 4.69) is 27.1 Å². The molecule has 0 aromatic carbocycles. The fraction of sp³-hybridized carbons (Fsp3) is 0.600. The van der Waals surface area contributed by atoms with Crippen molar-refractivity contribution in [3.8, 4) is 0 Å². The Bertz CT molecular complexity index is 257. The maximum absolute atomic E-state index is 4.29. The molecule has 1 aromatic rings. The van der Waals surface area contributed by atoms with Crippen molar-refractivity contribution in [1.82, 2.24) is 15.3 Å². The zero-order valence-electron chi connectivity index (χ0n) is 9.12. The fourth-order valence-electron chi connectivity index (χ4n) is 1.28. The van der Waals surface area contributed by atoms with Crippen molar-refractivity contribution in [2.75, 3.05) is 25.5 Å². The molecule has 0 unspecified atom stereocenters. The average Bonchev–Trinajstić information content (AvgIpc) is 2.20. The van der Waals surface area contributed by atoms with Gasteiger partial charge in [0.15, 0.2) is 0 Å². The van der Waals surface area contributed by atoms with Crippen LogP contribution in [-0.2, 0) is 6.54 Å². The molecule has 4 nitrogen and oxygen atoms in total. The minimum Gasteiger partial charge on any atom is -0.344 e. The molecule has 78 valence electrons. The highest BCUT2D eigenvalue weighted by molar-refractivity contribution is 5.27. The molecule has 0 spiro atoms. The summed E-state index contributed by atoms with van der Waals surface area (Å²) in [5.41, 5.74) is 1.11. The first kappa shape index (κ1) is 10.9. The van der Waals surface area contributed by atoms with Gasteiger partial charge in [0.2, 0.25) is 5.95 Å². The highest BCUT2D eigenvalue weighted by Crippen LogP contribution is 2.04. The summed E-state index contributed by atoms with van der Waals surface area (Å²) < 4.78 is 0. The van der Waals surface area contributed by atoms with Crippen molar-refractivity contribution in [3.05, 3.63) is 18.0 Å². The predicted octanol–water partition coefficient (Wildman–Crippen LogP) is 1.04. The number of nitrogens with zero attached hydrogens (tertiary/aromatic N) is 3. The van der Waals surface area contributed by atoms with Crippen LogP contribution >= 0.6 is 0 Å². The zero-order chi connectivity index (χ0) is 10.4. The first-order chi connectivity index (χ1) is 6.77. The Morgan fingerprint density at radius 2 is 2.00 bits per heavy atom. The van der Waals surface area contributed by atoms with Crippen molar-refractivity contribution in [3.63, 3.8) is 0 Å². The van der Waals surface area contributed by atoms with E-state index >= 15 is 0 Å². The smallest absolute Gasteiger partial charge is 0.224 e. The van der Waals surface area contributed by atoms with E-state index in [9.17, 15) is 0 Å². The van der Waals surface area contributed by atoms with Gasteiger partial charge in [0.1, 0.15) is 0 Å². The van der Waals surface area contributed by atoms with Crippen LogP contribution in [0, 0.1) is 0 Å². The van der Waals surface area contributed by atoms with Crippen molar-refractivity contribution >= 4 is 5.95 Å². The lowest BCUT2D eigenvalue weighted by Crippen LogP contribution is -2.20. The van der Waals surface area contributed by atoms with Gasteiger partial charge in [-0.3, -0.25) is 0 Å². The largest absolute Gasteiger partial charge is 0.344 e. The number of rotatable bonds is 5. The molecule has 1 heterocycles. The molecule has 0 aliphatic carbocycles. The van der Waals surface area contributed by atoms with Crippen molar-refractivity contribution in [2.24, 2.45) is 0 Å². The van der Waals surface area contributed by atoms with Crippen molar-refractivity contribution in [2.45, 2.75) is 19.9 Å². The first-order valence-corrected chi connectivity index (χ1v) is 4.94. The Kier molecular flexibility index (Phi) is 4.32. The Labute approximate surface area is 85.4 Å². The maximum atomic E-state index is 4.29. The number of hydrogen-bond donors (Lipinski definition) is 1. The second-order valence-electron chi connectivity index (χ2n) is 3.34. The van der Waals surface area contributed by atoms with Gasteiger partial charge in [-0.15, -0.1) is 0 Å². The standard InChI is InChI=1S/C10H18N4/c1-4-5-14(3)10-12-7-9(6-11-2)8-13-10/h7-8,11H,4-6H2,1-3H3. The van der Waals surface area contributed by atoms with E-state index in [-0.39, 0.29) is 0 Å². The van der Waals surface area contributed by atoms with Gasteiger partial charge in [-0.05, 0) is 13.5 Å². The van der Waals surface area contributed by atoms with Gasteiger partial charge in [0.05, 0.1) is 0 Å². The number of nitrogens with one attached hydrogen (secondary N) is 1. The van der Waals surface area contributed by atoms with Crippen LogP contribution in [0.15, 0.2) is 12.4 Å². The van der Waals surface area contributed by atoms with E-state index in [1.54, 1.807) is 0 Å². The SMILES string of the molecule is CCCN(C)c1ncc(CNC)cn1. The molecule has 1 N–H and O–H groups in total. The molecule has 0 bridgehead atoms. The van der Waals surface area contributed by atoms with E-state index in [0.29, 0.717) is 0 Å². The molecule has 0 fully saturated rings. The van der Waals surface area contributed by atoms with Crippen LogP contribution in [0.1, 0.15) is 18.9 Å². The van der Waals surface area contributed by atoms with Gasteiger partial charge in [0, 0.05) is 38.1 Å². The molecule has 0 saturated carbocycles. The Morgan fingerprint density at radius 3 is 2.50 bits per heavy atom. The monoisotopic (exact) mass is 194 g/mol. The molecule has 1 aromatic heterocycles. The molecule has 0 saturated heterocycles. The Balaban J connectivity index is 2.62. The highest BCUT2D eigenvalue weighted by Gasteiger charge is 2.01. The minimum absolute atomic E-state index is 0.798. The quantitative estimate of drug-likeness (QED) is 0.760. The number of anilines is 1. The lowest BCUT2D eigenvalue weighted by Gasteiger charge is -2.15. The molecular formula is C10H18N4. The third-order valence-electron chi connectivity index (χ3n) is 1.97. The first-order valence-electron chi connectivity index (χ1n) is 4.94.